The third-order valence-corrected chi connectivity index (χ3v) is 4.36. The number of non-ortho nitro benzene ring substituents is 1. The van der Waals surface area contributed by atoms with Gasteiger partial charge in [-0.25, -0.2) is 4.98 Å². The zero-order chi connectivity index (χ0) is 17.1. The molecular weight excluding hydrogens is 332 g/mol. The van der Waals surface area contributed by atoms with Crippen LogP contribution in [0.5, 0.6) is 0 Å². The summed E-state index contributed by atoms with van der Waals surface area (Å²) in [5.74, 6) is 0.678. The average Bonchev–Trinajstić information content (AvgIpc) is 2.97. The van der Waals surface area contributed by atoms with E-state index in [2.05, 4.69) is 14.9 Å². The van der Waals surface area contributed by atoms with E-state index < -0.39 is 10.8 Å². The summed E-state index contributed by atoms with van der Waals surface area (Å²) in [6, 6.07) is 3.82. The number of carbonyl (C=O) groups is 1. The summed E-state index contributed by atoms with van der Waals surface area (Å²) in [5, 5.41) is 13.7. The summed E-state index contributed by atoms with van der Waals surface area (Å²) in [6.45, 7) is 1.40. The number of carbonyl (C=O) groups excluding carboxylic acids is 1. The topological polar surface area (TPSA) is 90.1 Å². The van der Waals surface area contributed by atoms with E-state index >= 15 is 0 Å². The Kier molecular flexibility index (Phi) is 4.80. The molecule has 0 bridgehead atoms. The Morgan fingerprint density at radius 2 is 2.25 bits per heavy atom. The van der Waals surface area contributed by atoms with Gasteiger partial charge in [0, 0.05) is 44.3 Å². The molecule has 1 aliphatic heterocycles. The zero-order valence-corrected chi connectivity index (χ0v) is 13.8. The zero-order valence-electron chi connectivity index (χ0n) is 13.0. The molecule has 1 aromatic heterocycles. The number of imidazole rings is 1. The fourth-order valence-electron chi connectivity index (χ4n) is 2.79. The summed E-state index contributed by atoms with van der Waals surface area (Å²) < 4.78 is 2.16. The Hall–Kier alpha value is -2.41. The van der Waals surface area contributed by atoms with Crippen LogP contribution in [0.2, 0.25) is 5.02 Å². The van der Waals surface area contributed by atoms with Crippen molar-refractivity contribution in [2.45, 2.75) is 32.2 Å². The molecular formula is C16H17ClN4O3. The second kappa shape index (κ2) is 7.00. The fourth-order valence-corrected chi connectivity index (χ4v) is 3.00. The van der Waals surface area contributed by atoms with Crippen LogP contribution in [0.1, 0.15) is 34.7 Å². The second-order valence-electron chi connectivity index (χ2n) is 5.73. The molecule has 3 rings (SSSR count). The first kappa shape index (κ1) is 16.4. The summed E-state index contributed by atoms with van der Waals surface area (Å²) in [7, 11) is 0. The number of fused-ring (bicyclic) bond motifs is 1. The van der Waals surface area contributed by atoms with E-state index in [0.29, 0.717) is 13.0 Å². The lowest BCUT2D eigenvalue weighted by molar-refractivity contribution is -0.384. The summed E-state index contributed by atoms with van der Waals surface area (Å²) in [6.07, 6.45) is 5.97. The van der Waals surface area contributed by atoms with Crippen molar-refractivity contribution >= 4 is 23.2 Å². The minimum atomic E-state index is -0.553. The Labute approximate surface area is 143 Å². The maximum atomic E-state index is 12.2. The fraction of sp³-hybridized carbons (Fsp3) is 0.375. The maximum absolute atomic E-state index is 12.2. The Morgan fingerprint density at radius 3 is 3.00 bits per heavy atom. The van der Waals surface area contributed by atoms with Crippen molar-refractivity contribution in [3.63, 3.8) is 0 Å². The second-order valence-corrected chi connectivity index (χ2v) is 6.13. The van der Waals surface area contributed by atoms with Gasteiger partial charge in [-0.1, -0.05) is 11.6 Å². The van der Waals surface area contributed by atoms with Gasteiger partial charge in [-0.15, -0.1) is 0 Å². The number of aromatic nitrogens is 2. The van der Waals surface area contributed by atoms with Crippen LogP contribution in [0.15, 0.2) is 24.4 Å². The quantitative estimate of drug-likeness (QED) is 0.664. The molecule has 1 amide bonds. The SMILES string of the molecule is O=C(NCCc1cn2c(n1)CCCC2)c1cc([N+](=O)[O-])ccc1Cl. The van der Waals surface area contributed by atoms with Crippen LogP contribution < -0.4 is 5.32 Å². The third kappa shape index (κ3) is 3.56. The van der Waals surface area contributed by atoms with Crippen LogP contribution in [0.3, 0.4) is 0 Å². The number of rotatable bonds is 5. The molecule has 0 aliphatic carbocycles. The Bertz CT molecular complexity index is 764. The van der Waals surface area contributed by atoms with Gasteiger partial charge < -0.3 is 9.88 Å². The molecule has 1 aromatic carbocycles. The summed E-state index contributed by atoms with van der Waals surface area (Å²) in [4.78, 5) is 27.0. The van der Waals surface area contributed by atoms with Crippen LogP contribution in [0, 0.1) is 10.1 Å². The summed E-state index contributed by atoms with van der Waals surface area (Å²) in [5.41, 5.74) is 0.888. The minimum Gasteiger partial charge on any atom is -0.352 e. The van der Waals surface area contributed by atoms with Gasteiger partial charge in [-0.2, -0.15) is 0 Å². The monoisotopic (exact) mass is 348 g/mol. The van der Waals surface area contributed by atoms with Crippen molar-refractivity contribution in [2.24, 2.45) is 0 Å². The first-order valence-corrected chi connectivity index (χ1v) is 8.19. The number of nitrogens with zero attached hydrogens (tertiary/aromatic N) is 3. The van der Waals surface area contributed by atoms with Gasteiger partial charge >= 0.3 is 0 Å². The van der Waals surface area contributed by atoms with E-state index in [-0.39, 0.29) is 16.3 Å². The van der Waals surface area contributed by atoms with Gasteiger partial charge in [0.25, 0.3) is 11.6 Å². The van der Waals surface area contributed by atoms with Crippen molar-refractivity contribution in [1.29, 1.82) is 0 Å². The number of nitro groups is 1. The molecule has 1 aliphatic rings. The van der Waals surface area contributed by atoms with E-state index in [1.807, 2.05) is 6.20 Å². The predicted molar refractivity (Wildman–Crippen MR) is 89.3 cm³/mol. The first-order chi connectivity index (χ1) is 11.5. The first-order valence-electron chi connectivity index (χ1n) is 7.81. The molecule has 126 valence electrons. The molecule has 0 spiro atoms. The molecule has 2 heterocycles. The smallest absolute Gasteiger partial charge is 0.270 e. The highest BCUT2D eigenvalue weighted by molar-refractivity contribution is 6.33. The highest BCUT2D eigenvalue weighted by Gasteiger charge is 2.16. The van der Waals surface area contributed by atoms with Crippen molar-refractivity contribution in [3.8, 4) is 0 Å². The number of aryl methyl sites for hydroxylation is 2. The highest BCUT2D eigenvalue weighted by Crippen LogP contribution is 2.22. The van der Waals surface area contributed by atoms with Crippen molar-refractivity contribution in [1.82, 2.24) is 14.9 Å². The van der Waals surface area contributed by atoms with Crippen molar-refractivity contribution in [3.05, 3.63) is 56.6 Å². The normalized spacial score (nSPS) is 13.4. The van der Waals surface area contributed by atoms with Crippen LogP contribution in [0.25, 0.3) is 0 Å². The van der Waals surface area contributed by atoms with E-state index in [4.69, 9.17) is 11.6 Å². The molecule has 8 heteroatoms. The average molecular weight is 349 g/mol. The van der Waals surface area contributed by atoms with Crippen LogP contribution in [-0.4, -0.2) is 26.9 Å². The standard InChI is InChI=1S/C16H17ClN4O3/c17-14-5-4-12(21(23)24)9-13(14)16(22)18-7-6-11-10-20-8-2-1-3-15(20)19-11/h4-5,9-10H,1-3,6-8H2,(H,18,22). The third-order valence-electron chi connectivity index (χ3n) is 4.03. The van der Waals surface area contributed by atoms with Crippen molar-refractivity contribution < 1.29 is 9.72 Å². The molecule has 0 radical (unpaired) electrons. The number of hydrogen-bond acceptors (Lipinski definition) is 4. The molecule has 7 nitrogen and oxygen atoms in total. The lowest BCUT2D eigenvalue weighted by atomic mass is 10.2. The van der Waals surface area contributed by atoms with Gasteiger partial charge in [0.2, 0.25) is 0 Å². The highest BCUT2D eigenvalue weighted by atomic mass is 35.5. The number of nitrogens with one attached hydrogen (secondary N) is 1. The van der Waals surface area contributed by atoms with E-state index in [1.165, 1.54) is 31.0 Å². The lowest BCUT2D eigenvalue weighted by Crippen LogP contribution is -2.26. The molecule has 0 atom stereocenters. The minimum absolute atomic E-state index is 0.106. The maximum Gasteiger partial charge on any atom is 0.270 e. The molecule has 0 saturated heterocycles. The molecule has 0 saturated carbocycles. The molecule has 24 heavy (non-hydrogen) atoms. The molecule has 1 N–H and O–H groups in total. The lowest BCUT2D eigenvalue weighted by Gasteiger charge is -2.11. The molecule has 2 aromatic rings. The van der Waals surface area contributed by atoms with Gasteiger partial charge in [0.05, 0.1) is 21.2 Å². The largest absolute Gasteiger partial charge is 0.352 e. The predicted octanol–water partition coefficient (Wildman–Crippen LogP) is 2.75. The number of amides is 1. The van der Waals surface area contributed by atoms with Crippen molar-refractivity contribution in [2.75, 3.05) is 6.54 Å². The van der Waals surface area contributed by atoms with Gasteiger partial charge in [0.15, 0.2) is 0 Å². The number of benzene rings is 1. The van der Waals surface area contributed by atoms with E-state index in [0.717, 1.165) is 24.5 Å². The summed E-state index contributed by atoms with van der Waals surface area (Å²) >= 11 is 5.96. The van der Waals surface area contributed by atoms with Gasteiger partial charge in [-0.05, 0) is 18.9 Å². The number of halogens is 1. The Morgan fingerprint density at radius 1 is 1.42 bits per heavy atom. The van der Waals surface area contributed by atoms with Gasteiger partial charge in [0.1, 0.15) is 5.82 Å². The van der Waals surface area contributed by atoms with E-state index in [9.17, 15) is 14.9 Å². The number of nitro benzene ring substituents is 1. The van der Waals surface area contributed by atoms with E-state index in [1.54, 1.807) is 0 Å². The Balaban J connectivity index is 1.60. The van der Waals surface area contributed by atoms with Crippen LogP contribution >= 0.6 is 11.6 Å². The van der Waals surface area contributed by atoms with Crippen LogP contribution in [0.4, 0.5) is 5.69 Å². The number of hydrogen-bond donors (Lipinski definition) is 1. The molecule has 0 fully saturated rings. The van der Waals surface area contributed by atoms with Gasteiger partial charge in [-0.3, -0.25) is 14.9 Å². The van der Waals surface area contributed by atoms with Crippen LogP contribution in [-0.2, 0) is 19.4 Å². The molecule has 0 unspecified atom stereocenters.